The lowest BCUT2D eigenvalue weighted by Crippen LogP contribution is -2.48. The molecule has 0 radical (unpaired) electrons. The van der Waals surface area contributed by atoms with Gasteiger partial charge < -0.3 is 19.1 Å². The van der Waals surface area contributed by atoms with Crippen LogP contribution in [0, 0.1) is 12.8 Å². The van der Waals surface area contributed by atoms with E-state index < -0.39 is 21.6 Å². The van der Waals surface area contributed by atoms with Crippen LogP contribution in [-0.2, 0) is 31.4 Å². The lowest BCUT2D eigenvalue weighted by Gasteiger charge is -2.33. The summed E-state index contributed by atoms with van der Waals surface area (Å²) < 4.78 is 34.3. The predicted molar refractivity (Wildman–Crippen MR) is 120 cm³/mol. The molecule has 10 nitrogen and oxygen atoms in total. The van der Waals surface area contributed by atoms with Crippen LogP contribution in [0.15, 0.2) is 11.2 Å². The monoisotopic (exact) mass is 471 g/mol. The van der Waals surface area contributed by atoms with Crippen molar-refractivity contribution in [2.45, 2.75) is 51.2 Å². The zero-order chi connectivity index (χ0) is 24.3. The minimum atomic E-state index is -3.70. The topological polar surface area (TPSA) is 105 Å². The highest BCUT2D eigenvalue weighted by Gasteiger charge is 2.35. The van der Waals surface area contributed by atoms with Gasteiger partial charge in [0, 0.05) is 45.3 Å². The number of rotatable bonds is 8. The molecule has 0 N–H and O–H groups in total. The van der Waals surface area contributed by atoms with Gasteiger partial charge in [0.1, 0.15) is 18.0 Å². The fraction of sp³-hybridized carbons (Fsp3) is 0.762. The average Bonchev–Trinajstić information content (AvgIpc) is 3.02. The molecule has 182 valence electrons. The number of amides is 1. The molecule has 0 saturated carbocycles. The first-order chi connectivity index (χ1) is 14.7. The van der Waals surface area contributed by atoms with E-state index in [1.54, 1.807) is 39.3 Å². The maximum Gasteiger partial charge on any atom is 0.326 e. The van der Waals surface area contributed by atoms with Crippen molar-refractivity contribution in [3.05, 3.63) is 12.0 Å². The van der Waals surface area contributed by atoms with Gasteiger partial charge in [-0.2, -0.15) is 4.31 Å². The Morgan fingerprint density at radius 2 is 1.78 bits per heavy atom. The second-order valence-corrected chi connectivity index (χ2v) is 11.4. The van der Waals surface area contributed by atoms with Crippen LogP contribution in [-0.4, -0.2) is 96.4 Å². The zero-order valence-corrected chi connectivity index (χ0v) is 21.1. The number of aromatic nitrogens is 2. The summed E-state index contributed by atoms with van der Waals surface area (Å²) in [6.45, 7) is 8.48. The Labute approximate surface area is 191 Å². The second-order valence-electron chi connectivity index (χ2n) is 9.57. The first-order valence-electron chi connectivity index (χ1n) is 10.9. The fourth-order valence-electron chi connectivity index (χ4n) is 3.50. The minimum Gasteiger partial charge on any atom is -0.459 e. The van der Waals surface area contributed by atoms with E-state index in [0.717, 1.165) is 0 Å². The van der Waals surface area contributed by atoms with E-state index in [2.05, 4.69) is 4.98 Å². The molecule has 2 heterocycles. The van der Waals surface area contributed by atoms with Gasteiger partial charge in [-0.1, -0.05) is 0 Å². The molecule has 1 aromatic heterocycles. The maximum absolute atomic E-state index is 13.2. The van der Waals surface area contributed by atoms with Crippen LogP contribution in [0.25, 0.3) is 0 Å². The van der Waals surface area contributed by atoms with Crippen LogP contribution in [0.1, 0.15) is 39.4 Å². The number of sulfonamides is 1. The fourth-order valence-corrected chi connectivity index (χ4v) is 5.00. The number of esters is 1. The molecule has 1 amide bonds. The van der Waals surface area contributed by atoms with Gasteiger partial charge in [0.05, 0.1) is 0 Å². The van der Waals surface area contributed by atoms with Gasteiger partial charge in [-0.05, 0) is 54.6 Å². The number of carbonyl (C=O) groups excluding carboxylic acids is 2. The minimum absolute atomic E-state index is 0.0276. The Balaban J connectivity index is 2.04. The van der Waals surface area contributed by atoms with E-state index in [4.69, 9.17) is 4.74 Å². The molecular formula is C21H37N5O5S. The van der Waals surface area contributed by atoms with Crippen molar-refractivity contribution in [3.8, 4) is 0 Å². The van der Waals surface area contributed by atoms with Gasteiger partial charge in [0.25, 0.3) is 10.0 Å². The summed E-state index contributed by atoms with van der Waals surface area (Å²) in [5.41, 5.74) is -0.628. The molecular weight excluding hydrogens is 434 g/mol. The normalized spacial score (nSPS) is 16.4. The highest BCUT2D eigenvalue weighted by atomic mass is 32.2. The molecule has 0 bridgehead atoms. The third kappa shape index (κ3) is 7.01. The molecule has 0 aliphatic carbocycles. The number of nitrogens with zero attached hydrogens (tertiary/aromatic N) is 5. The van der Waals surface area contributed by atoms with Crippen LogP contribution in [0.3, 0.4) is 0 Å². The summed E-state index contributed by atoms with van der Waals surface area (Å²) in [6.07, 6.45) is 2.30. The lowest BCUT2D eigenvalue weighted by molar-refractivity contribution is -0.160. The number of ether oxygens (including phenoxy) is 1. The number of hydrogen-bond acceptors (Lipinski definition) is 7. The zero-order valence-electron chi connectivity index (χ0n) is 20.3. The average molecular weight is 472 g/mol. The van der Waals surface area contributed by atoms with Gasteiger partial charge in [-0.15, -0.1) is 0 Å². The quantitative estimate of drug-likeness (QED) is 0.518. The van der Waals surface area contributed by atoms with Crippen molar-refractivity contribution in [2.24, 2.45) is 13.0 Å². The van der Waals surface area contributed by atoms with Gasteiger partial charge in [0.15, 0.2) is 5.03 Å². The second kappa shape index (κ2) is 10.3. The maximum atomic E-state index is 13.2. The van der Waals surface area contributed by atoms with Crippen LogP contribution < -0.4 is 0 Å². The smallest absolute Gasteiger partial charge is 0.326 e. The molecule has 0 atom stereocenters. The van der Waals surface area contributed by atoms with Crippen molar-refractivity contribution in [2.75, 3.05) is 46.8 Å². The molecule has 11 heteroatoms. The van der Waals surface area contributed by atoms with E-state index >= 15 is 0 Å². The Kier molecular flexibility index (Phi) is 8.46. The number of aryl methyl sites for hydroxylation is 2. The van der Waals surface area contributed by atoms with Gasteiger partial charge in [0.2, 0.25) is 5.91 Å². The highest BCUT2D eigenvalue weighted by molar-refractivity contribution is 7.89. The molecule has 1 aliphatic heterocycles. The Morgan fingerprint density at radius 1 is 1.19 bits per heavy atom. The standard InChI is InChI=1S/C21H37N5O5S/c1-16-22-18(14-24(16)7)32(29,30)26-10-8-17(9-11-26)20(28)25(13-12-23(5)6)15-19(27)31-21(2,3)4/h14,17H,8-13,15H2,1-7H3. The van der Waals surface area contributed by atoms with E-state index in [0.29, 0.717) is 31.8 Å². The Morgan fingerprint density at radius 3 is 2.25 bits per heavy atom. The highest BCUT2D eigenvalue weighted by Crippen LogP contribution is 2.25. The van der Waals surface area contributed by atoms with Crippen molar-refractivity contribution in [3.63, 3.8) is 0 Å². The largest absolute Gasteiger partial charge is 0.459 e. The lowest BCUT2D eigenvalue weighted by atomic mass is 9.96. The first-order valence-corrected chi connectivity index (χ1v) is 12.3. The Bertz CT molecular complexity index is 892. The summed E-state index contributed by atoms with van der Waals surface area (Å²) in [5, 5.41) is 0.0276. The third-order valence-corrected chi connectivity index (χ3v) is 7.13. The van der Waals surface area contributed by atoms with Crippen LogP contribution in [0.2, 0.25) is 0 Å². The predicted octanol–water partition coefficient (Wildman–Crippen LogP) is 0.861. The van der Waals surface area contributed by atoms with Gasteiger partial charge in [-0.3, -0.25) is 9.59 Å². The van der Waals surface area contributed by atoms with Crippen LogP contribution in [0.4, 0.5) is 0 Å². The number of imidazole rings is 1. The summed E-state index contributed by atoms with van der Waals surface area (Å²) in [4.78, 5) is 33.2. The number of carbonyl (C=O) groups is 2. The van der Waals surface area contributed by atoms with Gasteiger partial charge >= 0.3 is 5.97 Å². The third-order valence-electron chi connectivity index (χ3n) is 5.36. The van der Waals surface area contributed by atoms with Crippen LogP contribution >= 0.6 is 0 Å². The van der Waals surface area contributed by atoms with E-state index in [1.807, 2.05) is 19.0 Å². The molecule has 1 aromatic rings. The van der Waals surface area contributed by atoms with Crippen molar-refractivity contribution < 1.29 is 22.7 Å². The van der Waals surface area contributed by atoms with E-state index in [1.165, 1.54) is 15.4 Å². The first kappa shape index (κ1) is 26.3. The number of hydrogen-bond donors (Lipinski definition) is 0. The van der Waals surface area contributed by atoms with Crippen molar-refractivity contribution in [1.82, 2.24) is 23.7 Å². The summed E-state index contributed by atoms with van der Waals surface area (Å²) in [7, 11) is 1.85. The molecule has 0 spiro atoms. The molecule has 0 unspecified atom stereocenters. The van der Waals surface area contributed by atoms with Crippen LogP contribution in [0.5, 0.6) is 0 Å². The number of likely N-dealkylation sites (N-methyl/N-ethyl adjacent to an activating group) is 1. The van der Waals surface area contributed by atoms with E-state index in [9.17, 15) is 18.0 Å². The molecule has 32 heavy (non-hydrogen) atoms. The van der Waals surface area contributed by atoms with Crippen molar-refractivity contribution >= 4 is 21.9 Å². The molecule has 1 saturated heterocycles. The molecule has 1 aliphatic rings. The number of piperidine rings is 1. The summed E-state index contributed by atoms with van der Waals surface area (Å²) >= 11 is 0. The summed E-state index contributed by atoms with van der Waals surface area (Å²) in [6, 6.07) is 0. The summed E-state index contributed by atoms with van der Waals surface area (Å²) in [5.74, 6) is -0.303. The SMILES string of the molecule is Cc1nc(S(=O)(=O)N2CCC(C(=O)N(CCN(C)C)CC(=O)OC(C)(C)C)CC2)cn1C. The van der Waals surface area contributed by atoms with E-state index in [-0.39, 0.29) is 36.5 Å². The Hall–Kier alpha value is -1.98. The molecule has 1 fully saturated rings. The van der Waals surface area contributed by atoms with Gasteiger partial charge in [-0.25, -0.2) is 13.4 Å². The molecule has 0 aromatic carbocycles. The molecule has 2 rings (SSSR count). The van der Waals surface area contributed by atoms with Crippen molar-refractivity contribution in [1.29, 1.82) is 0 Å².